The zero-order valence-electron chi connectivity index (χ0n) is 9.90. The molecule has 0 fully saturated rings. The van der Waals surface area contributed by atoms with Crippen LogP contribution in [0.1, 0.15) is 36.4 Å². The fraction of sp³-hybridized carbons (Fsp3) is 0.545. The van der Waals surface area contributed by atoms with Gasteiger partial charge in [0.2, 0.25) is 0 Å². The average molecular weight is 256 g/mol. The third-order valence-electron chi connectivity index (χ3n) is 3.05. The molecular weight excluding hydrogens is 240 g/mol. The normalized spacial score (nSPS) is 11.2. The van der Waals surface area contributed by atoms with Gasteiger partial charge in [0.05, 0.1) is 17.1 Å². The summed E-state index contributed by atoms with van der Waals surface area (Å²) in [6.45, 7) is 3.78. The van der Waals surface area contributed by atoms with Gasteiger partial charge in [-0.25, -0.2) is 0 Å². The predicted molar refractivity (Wildman–Crippen MR) is 65.1 cm³/mol. The summed E-state index contributed by atoms with van der Waals surface area (Å²) in [7, 11) is 0. The zero-order chi connectivity index (χ0) is 12.9. The Bertz CT molecular complexity index is 385. The fourth-order valence-corrected chi connectivity index (χ4v) is 2.08. The van der Waals surface area contributed by atoms with Gasteiger partial charge >= 0.3 is 5.97 Å². The number of hydrogen-bond donors (Lipinski definition) is 2. The first kappa shape index (κ1) is 13.6. The van der Waals surface area contributed by atoms with E-state index in [2.05, 4.69) is 10.3 Å². The van der Waals surface area contributed by atoms with Crippen molar-refractivity contribution in [2.24, 2.45) is 5.41 Å². The van der Waals surface area contributed by atoms with Crippen molar-refractivity contribution in [3.63, 3.8) is 0 Å². The van der Waals surface area contributed by atoms with Crippen LogP contribution in [0.4, 0.5) is 0 Å². The lowest BCUT2D eigenvalue weighted by Crippen LogP contribution is -2.42. The van der Waals surface area contributed by atoms with Crippen molar-refractivity contribution in [3.8, 4) is 0 Å². The van der Waals surface area contributed by atoms with E-state index in [1.54, 1.807) is 5.51 Å². The quantitative estimate of drug-likeness (QED) is 0.813. The second-order valence-electron chi connectivity index (χ2n) is 3.84. The lowest BCUT2D eigenvalue weighted by molar-refractivity contribution is -0.149. The van der Waals surface area contributed by atoms with Crippen LogP contribution in [0.5, 0.6) is 0 Å². The van der Waals surface area contributed by atoms with Crippen LogP contribution in [-0.4, -0.2) is 28.5 Å². The molecule has 2 N–H and O–H groups in total. The van der Waals surface area contributed by atoms with Crippen molar-refractivity contribution in [1.29, 1.82) is 0 Å². The molecule has 6 heteroatoms. The highest BCUT2D eigenvalue weighted by atomic mass is 32.1. The maximum Gasteiger partial charge on any atom is 0.311 e. The van der Waals surface area contributed by atoms with Gasteiger partial charge in [0.15, 0.2) is 0 Å². The number of hydrogen-bond acceptors (Lipinski definition) is 4. The van der Waals surface area contributed by atoms with Gasteiger partial charge in [0.25, 0.3) is 5.91 Å². The summed E-state index contributed by atoms with van der Waals surface area (Å²) in [6.07, 6.45) is 2.45. The zero-order valence-corrected chi connectivity index (χ0v) is 10.7. The minimum Gasteiger partial charge on any atom is -0.481 e. The van der Waals surface area contributed by atoms with E-state index in [9.17, 15) is 14.7 Å². The summed E-state index contributed by atoms with van der Waals surface area (Å²) in [5.74, 6) is -1.13. The van der Waals surface area contributed by atoms with Gasteiger partial charge in [-0.2, -0.15) is 0 Å². The van der Waals surface area contributed by atoms with Crippen molar-refractivity contribution in [3.05, 3.63) is 16.6 Å². The lowest BCUT2D eigenvalue weighted by atomic mass is 9.82. The van der Waals surface area contributed by atoms with Gasteiger partial charge in [-0.1, -0.05) is 13.8 Å². The molecule has 1 heterocycles. The number of carboxylic acids is 1. The molecule has 0 saturated carbocycles. The van der Waals surface area contributed by atoms with Crippen LogP contribution in [0, 0.1) is 5.41 Å². The molecule has 0 spiro atoms. The molecule has 17 heavy (non-hydrogen) atoms. The number of carbonyl (C=O) groups is 2. The molecule has 1 aromatic rings. The summed E-state index contributed by atoms with van der Waals surface area (Å²) in [5.41, 5.74) is 0.694. The maximum absolute atomic E-state index is 11.7. The molecule has 94 valence electrons. The molecule has 0 atom stereocenters. The van der Waals surface area contributed by atoms with Crippen LogP contribution in [-0.2, 0) is 4.79 Å². The Morgan fingerprint density at radius 2 is 2.12 bits per heavy atom. The number of aliphatic carboxylic acids is 1. The van der Waals surface area contributed by atoms with Gasteiger partial charge in [0.1, 0.15) is 4.88 Å². The molecule has 0 aliphatic carbocycles. The fourth-order valence-electron chi connectivity index (χ4n) is 1.54. The number of carbonyl (C=O) groups excluding carboxylic acids is 1. The predicted octanol–water partition coefficient (Wildman–Crippen LogP) is 1.76. The molecule has 0 radical (unpaired) electrons. The minimum absolute atomic E-state index is 0.145. The van der Waals surface area contributed by atoms with Crippen molar-refractivity contribution >= 4 is 23.2 Å². The molecule has 1 rings (SSSR count). The number of aromatic nitrogens is 1. The van der Waals surface area contributed by atoms with E-state index in [0.29, 0.717) is 17.7 Å². The Kier molecular flexibility index (Phi) is 4.62. The summed E-state index contributed by atoms with van der Waals surface area (Å²) >= 11 is 1.23. The first-order valence-corrected chi connectivity index (χ1v) is 6.33. The Morgan fingerprint density at radius 3 is 2.53 bits per heavy atom. The number of nitrogens with one attached hydrogen (secondary N) is 1. The summed E-state index contributed by atoms with van der Waals surface area (Å²) in [5, 5.41) is 11.9. The van der Waals surface area contributed by atoms with E-state index in [0.717, 1.165) is 0 Å². The van der Waals surface area contributed by atoms with Crippen molar-refractivity contribution < 1.29 is 14.7 Å². The Labute approximate surface area is 104 Å². The second-order valence-corrected chi connectivity index (χ2v) is 4.73. The third-order valence-corrected chi connectivity index (χ3v) is 3.82. The largest absolute Gasteiger partial charge is 0.481 e. The van der Waals surface area contributed by atoms with Crippen molar-refractivity contribution in [1.82, 2.24) is 10.3 Å². The molecule has 5 nitrogen and oxygen atoms in total. The molecule has 1 amide bonds. The molecule has 1 aromatic heterocycles. The first-order chi connectivity index (χ1) is 8.05. The minimum atomic E-state index is -0.875. The molecule has 0 aromatic carbocycles. The van der Waals surface area contributed by atoms with E-state index in [1.165, 1.54) is 17.5 Å². The molecule has 0 bridgehead atoms. The van der Waals surface area contributed by atoms with E-state index in [-0.39, 0.29) is 12.5 Å². The van der Waals surface area contributed by atoms with E-state index >= 15 is 0 Å². The van der Waals surface area contributed by atoms with Gasteiger partial charge in [-0.15, -0.1) is 11.3 Å². The summed E-state index contributed by atoms with van der Waals surface area (Å²) < 4.78 is 0. The standard InChI is InChI=1S/C11H16N2O3S/c1-3-11(4-2,10(15)16)6-13-9(14)8-5-12-7-17-8/h5,7H,3-4,6H2,1-2H3,(H,13,14)(H,15,16). The van der Waals surface area contributed by atoms with Crippen LogP contribution < -0.4 is 5.32 Å². The maximum atomic E-state index is 11.7. The highest BCUT2D eigenvalue weighted by molar-refractivity contribution is 7.11. The van der Waals surface area contributed by atoms with E-state index in [4.69, 9.17) is 0 Å². The van der Waals surface area contributed by atoms with Gasteiger partial charge in [-0.3, -0.25) is 14.6 Å². The SMILES string of the molecule is CCC(CC)(CNC(=O)c1cncs1)C(=O)O. The Hall–Kier alpha value is -1.43. The van der Waals surface area contributed by atoms with Crippen molar-refractivity contribution in [2.75, 3.05) is 6.54 Å². The van der Waals surface area contributed by atoms with Crippen LogP contribution in [0.15, 0.2) is 11.7 Å². The van der Waals surface area contributed by atoms with Gasteiger partial charge < -0.3 is 10.4 Å². The molecule has 0 saturated heterocycles. The first-order valence-electron chi connectivity index (χ1n) is 5.46. The van der Waals surface area contributed by atoms with E-state index in [1.807, 2.05) is 13.8 Å². The van der Waals surface area contributed by atoms with Crippen LogP contribution in [0.2, 0.25) is 0 Å². The van der Waals surface area contributed by atoms with Crippen LogP contribution in [0.3, 0.4) is 0 Å². The van der Waals surface area contributed by atoms with Gasteiger partial charge in [0, 0.05) is 6.54 Å². The molecule has 0 aliphatic heterocycles. The topological polar surface area (TPSA) is 79.3 Å². The number of amides is 1. The number of rotatable bonds is 6. The summed E-state index contributed by atoms with van der Waals surface area (Å²) in [6, 6.07) is 0. The molecular formula is C11H16N2O3S. The highest BCUT2D eigenvalue weighted by Crippen LogP contribution is 2.25. The lowest BCUT2D eigenvalue weighted by Gasteiger charge is -2.26. The molecule has 0 aliphatic rings. The monoisotopic (exact) mass is 256 g/mol. The van der Waals surface area contributed by atoms with Crippen molar-refractivity contribution in [2.45, 2.75) is 26.7 Å². The van der Waals surface area contributed by atoms with Gasteiger partial charge in [-0.05, 0) is 12.8 Å². The molecule has 0 unspecified atom stereocenters. The summed E-state index contributed by atoms with van der Waals surface area (Å²) in [4.78, 5) is 27.2. The number of thiazole rings is 1. The Balaban J connectivity index is 2.65. The second kappa shape index (κ2) is 5.77. The average Bonchev–Trinajstić information content (AvgIpc) is 2.84. The van der Waals surface area contributed by atoms with Crippen LogP contribution in [0.25, 0.3) is 0 Å². The smallest absolute Gasteiger partial charge is 0.311 e. The Morgan fingerprint density at radius 1 is 1.47 bits per heavy atom. The number of carboxylic acid groups (broad SMARTS) is 1. The highest BCUT2D eigenvalue weighted by Gasteiger charge is 2.35. The third kappa shape index (κ3) is 3.03. The van der Waals surface area contributed by atoms with Crippen LogP contribution >= 0.6 is 11.3 Å². The number of nitrogens with zero attached hydrogens (tertiary/aromatic N) is 1. The van der Waals surface area contributed by atoms with E-state index < -0.39 is 11.4 Å².